The standard InChI is InChI=1S/C27H28N6O2S/c1-31-13-15-32(16-14-31)26(34)21-8-5-7-20(17-21)19-36-27-30-29-25(22-9-6-12-28-18-22)33(27)23-10-3-4-11-24(23)35-2/h3-12,17-18H,13-16,19H2,1-2H3. The summed E-state index contributed by atoms with van der Waals surface area (Å²) >= 11 is 1.57. The lowest BCUT2D eigenvalue weighted by molar-refractivity contribution is 0.0664. The quantitative estimate of drug-likeness (QED) is 0.355. The highest BCUT2D eigenvalue weighted by atomic mass is 32.2. The van der Waals surface area contributed by atoms with Crippen LogP contribution in [0.15, 0.2) is 78.2 Å². The number of benzene rings is 2. The molecular weight excluding hydrogens is 472 g/mol. The van der Waals surface area contributed by atoms with E-state index < -0.39 is 0 Å². The smallest absolute Gasteiger partial charge is 0.253 e. The van der Waals surface area contributed by atoms with Crippen molar-refractivity contribution in [3.63, 3.8) is 0 Å². The zero-order chi connectivity index (χ0) is 24.9. The summed E-state index contributed by atoms with van der Waals surface area (Å²) in [7, 11) is 3.74. The highest BCUT2D eigenvalue weighted by molar-refractivity contribution is 7.98. The van der Waals surface area contributed by atoms with Crippen LogP contribution in [0.2, 0.25) is 0 Å². The summed E-state index contributed by atoms with van der Waals surface area (Å²) in [5, 5.41) is 9.74. The molecule has 0 spiro atoms. The van der Waals surface area contributed by atoms with E-state index in [0.717, 1.165) is 59.5 Å². The summed E-state index contributed by atoms with van der Waals surface area (Å²) in [4.78, 5) is 21.5. The van der Waals surface area contributed by atoms with Crippen molar-refractivity contribution in [1.29, 1.82) is 0 Å². The van der Waals surface area contributed by atoms with Crippen molar-refractivity contribution >= 4 is 17.7 Å². The SMILES string of the molecule is COc1ccccc1-n1c(SCc2cccc(C(=O)N3CCN(C)CC3)c2)nnc1-c1cccnc1. The normalized spacial score (nSPS) is 14.1. The number of likely N-dealkylation sites (N-methyl/N-ethyl adjacent to an activating group) is 1. The van der Waals surface area contributed by atoms with Crippen LogP contribution >= 0.6 is 11.8 Å². The van der Waals surface area contributed by atoms with Crippen LogP contribution < -0.4 is 4.74 Å². The monoisotopic (exact) mass is 500 g/mol. The minimum atomic E-state index is 0.0889. The number of para-hydroxylation sites is 2. The molecule has 0 aliphatic carbocycles. The molecule has 5 rings (SSSR count). The summed E-state index contributed by atoms with van der Waals surface area (Å²) in [5.41, 5.74) is 3.49. The molecule has 36 heavy (non-hydrogen) atoms. The fraction of sp³-hybridized carbons (Fsp3) is 0.259. The van der Waals surface area contributed by atoms with Gasteiger partial charge in [-0.2, -0.15) is 0 Å². The topological polar surface area (TPSA) is 76.4 Å². The van der Waals surface area contributed by atoms with Crippen molar-refractivity contribution in [3.8, 4) is 22.8 Å². The second-order valence-corrected chi connectivity index (χ2v) is 9.58. The molecule has 4 aromatic rings. The van der Waals surface area contributed by atoms with Gasteiger partial charge in [0.05, 0.1) is 12.8 Å². The Labute approximate surface area is 214 Å². The third kappa shape index (κ3) is 5.12. The number of piperazine rings is 1. The molecule has 0 unspecified atom stereocenters. The third-order valence-corrected chi connectivity index (χ3v) is 7.21. The molecule has 1 aliphatic rings. The lowest BCUT2D eigenvalue weighted by atomic mass is 10.1. The van der Waals surface area contributed by atoms with Gasteiger partial charge in [0.2, 0.25) is 0 Å². The number of aromatic nitrogens is 4. The highest BCUT2D eigenvalue weighted by Crippen LogP contribution is 2.33. The second kappa shape index (κ2) is 10.9. The summed E-state index contributed by atoms with van der Waals surface area (Å²) < 4.78 is 7.64. The minimum Gasteiger partial charge on any atom is -0.495 e. The molecule has 0 saturated carbocycles. The first kappa shape index (κ1) is 24.0. The van der Waals surface area contributed by atoms with Gasteiger partial charge in [-0.25, -0.2) is 0 Å². The van der Waals surface area contributed by atoms with Crippen LogP contribution in [0.3, 0.4) is 0 Å². The molecule has 8 nitrogen and oxygen atoms in total. The maximum Gasteiger partial charge on any atom is 0.253 e. The molecule has 3 heterocycles. The van der Waals surface area contributed by atoms with E-state index in [9.17, 15) is 4.79 Å². The zero-order valence-corrected chi connectivity index (χ0v) is 21.2. The van der Waals surface area contributed by atoms with E-state index in [1.54, 1.807) is 31.3 Å². The Morgan fingerprint density at radius 3 is 2.61 bits per heavy atom. The number of methoxy groups -OCH3 is 1. The van der Waals surface area contributed by atoms with E-state index in [4.69, 9.17) is 4.74 Å². The Balaban J connectivity index is 1.41. The number of hydrogen-bond acceptors (Lipinski definition) is 7. The highest BCUT2D eigenvalue weighted by Gasteiger charge is 2.22. The van der Waals surface area contributed by atoms with Crippen LogP contribution in [0, 0.1) is 0 Å². The number of nitrogens with zero attached hydrogens (tertiary/aromatic N) is 6. The van der Waals surface area contributed by atoms with E-state index in [2.05, 4.69) is 27.1 Å². The van der Waals surface area contributed by atoms with E-state index in [1.165, 1.54) is 0 Å². The van der Waals surface area contributed by atoms with E-state index in [1.807, 2.05) is 70.1 Å². The maximum atomic E-state index is 13.1. The number of carbonyl (C=O) groups excluding carboxylic acids is 1. The fourth-order valence-corrected chi connectivity index (χ4v) is 5.10. The predicted octanol–water partition coefficient (Wildman–Crippen LogP) is 4.02. The molecule has 1 fully saturated rings. The Bertz CT molecular complexity index is 1340. The van der Waals surface area contributed by atoms with Crippen LogP contribution in [-0.2, 0) is 5.75 Å². The Hall–Kier alpha value is -3.69. The fourth-order valence-electron chi connectivity index (χ4n) is 4.21. The molecule has 1 saturated heterocycles. The Morgan fingerprint density at radius 2 is 1.83 bits per heavy atom. The van der Waals surface area contributed by atoms with Crippen LogP contribution in [0.5, 0.6) is 5.75 Å². The maximum absolute atomic E-state index is 13.1. The number of ether oxygens (including phenoxy) is 1. The Kier molecular flexibility index (Phi) is 7.29. The first-order chi connectivity index (χ1) is 17.6. The van der Waals surface area contributed by atoms with Crippen LogP contribution in [-0.4, -0.2) is 75.8 Å². The number of rotatable bonds is 7. The van der Waals surface area contributed by atoms with Gasteiger partial charge in [-0.15, -0.1) is 10.2 Å². The Morgan fingerprint density at radius 1 is 1.00 bits per heavy atom. The molecule has 1 aliphatic heterocycles. The van der Waals surface area contributed by atoms with Crippen molar-refractivity contribution < 1.29 is 9.53 Å². The van der Waals surface area contributed by atoms with Gasteiger partial charge in [0.1, 0.15) is 5.75 Å². The average molecular weight is 501 g/mol. The third-order valence-electron chi connectivity index (χ3n) is 6.21. The van der Waals surface area contributed by atoms with Gasteiger partial charge in [0.25, 0.3) is 5.91 Å². The van der Waals surface area contributed by atoms with Gasteiger partial charge < -0.3 is 14.5 Å². The molecule has 0 N–H and O–H groups in total. The zero-order valence-electron chi connectivity index (χ0n) is 20.4. The molecule has 9 heteroatoms. The average Bonchev–Trinajstić information content (AvgIpc) is 3.36. The molecule has 184 valence electrons. The van der Waals surface area contributed by atoms with Gasteiger partial charge in [-0.1, -0.05) is 36.0 Å². The lowest BCUT2D eigenvalue weighted by Crippen LogP contribution is -2.47. The van der Waals surface area contributed by atoms with Crippen molar-refractivity contribution in [2.24, 2.45) is 0 Å². The minimum absolute atomic E-state index is 0.0889. The summed E-state index contributed by atoms with van der Waals surface area (Å²) in [5.74, 6) is 2.15. The van der Waals surface area contributed by atoms with Crippen molar-refractivity contribution in [1.82, 2.24) is 29.5 Å². The van der Waals surface area contributed by atoms with Crippen LogP contribution in [0.4, 0.5) is 0 Å². The van der Waals surface area contributed by atoms with Crippen LogP contribution in [0.1, 0.15) is 15.9 Å². The molecule has 1 amide bonds. The first-order valence-corrected chi connectivity index (χ1v) is 12.8. The van der Waals surface area contributed by atoms with E-state index >= 15 is 0 Å². The van der Waals surface area contributed by atoms with Crippen LogP contribution in [0.25, 0.3) is 17.1 Å². The van der Waals surface area contributed by atoms with Crippen molar-refractivity contribution in [3.05, 3.63) is 84.2 Å². The largest absolute Gasteiger partial charge is 0.495 e. The second-order valence-electron chi connectivity index (χ2n) is 8.64. The lowest BCUT2D eigenvalue weighted by Gasteiger charge is -2.32. The van der Waals surface area contributed by atoms with Crippen molar-refractivity contribution in [2.75, 3.05) is 40.3 Å². The van der Waals surface area contributed by atoms with Crippen molar-refractivity contribution in [2.45, 2.75) is 10.9 Å². The number of carbonyl (C=O) groups is 1. The van der Waals surface area contributed by atoms with Gasteiger partial charge >= 0.3 is 0 Å². The predicted molar refractivity (Wildman–Crippen MR) is 141 cm³/mol. The first-order valence-electron chi connectivity index (χ1n) is 11.8. The molecule has 2 aromatic heterocycles. The number of thioether (sulfide) groups is 1. The van der Waals surface area contributed by atoms with Gasteiger partial charge in [-0.3, -0.25) is 14.3 Å². The molecular formula is C27H28N6O2S. The number of amides is 1. The molecule has 2 aromatic carbocycles. The molecule has 0 radical (unpaired) electrons. The van der Waals surface area contributed by atoms with Gasteiger partial charge in [0.15, 0.2) is 11.0 Å². The summed E-state index contributed by atoms with van der Waals surface area (Å²) in [6.45, 7) is 3.32. The van der Waals surface area contributed by atoms with Gasteiger partial charge in [-0.05, 0) is 49.0 Å². The summed E-state index contributed by atoms with van der Waals surface area (Å²) in [6, 6.07) is 19.5. The van der Waals surface area contributed by atoms with E-state index in [0.29, 0.717) is 11.6 Å². The molecule has 0 bridgehead atoms. The van der Waals surface area contributed by atoms with E-state index in [-0.39, 0.29) is 5.91 Å². The number of hydrogen-bond donors (Lipinski definition) is 0. The molecule has 0 atom stereocenters. The number of pyridine rings is 1. The van der Waals surface area contributed by atoms with Gasteiger partial charge in [0, 0.05) is 55.5 Å². The summed E-state index contributed by atoms with van der Waals surface area (Å²) in [6.07, 6.45) is 3.51.